The molecule has 0 aliphatic heterocycles. The molecule has 3 rings (SSSR count). The van der Waals surface area contributed by atoms with Crippen molar-refractivity contribution in [1.29, 1.82) is 0 Å². The lowest BCUT2D eigenvalue weighted by Gasteiger charge is -2.12. The fraction of sp³-hybridized carbons (Fsp3) is 0.278. The van der Waals surface area contributed by atoms with Crippen molar-refractivity contribution in [2.75, 3.05) is 5.32 Å². The van der Waals surface area contributed by atoms with Gasteiger partial charge in [-0.05, 0) is 36.1 Å². The number of nitrogens with one attached hydrogen (secondary N) is 1. The van der Waals surface area contributed by atoms with Crippen LogP contribution in [0.3, 0.4) is 0 Å². The van der Waals surface area contributed by atoms with Crippen molar-refractivity contribution < 1.29 is 9.18 Å². The molecule has 3 aromatic rings. The fourth-order valence-electron chi connectivity index (χ4n) is 2.72. The third kappa shape index (κ3) is 4.03. The molecule has 142 valence electrons. The van der Waals surface area contributed by atoms with Crippen LogP contribution < -0.4 is 16.6 Å². The van der Waals surface area contributed by atoms with Crippen LogP contribution in [0.4, 0.5) is 10.1 Å². The first-order chi connectivity index (χ1) is 12.9. The number of hydrogen-bond acceptors (Lipinski definition) is 4. The number of amides is 1. The Kier molecular flexibility index (Phi) is 5.91. The van der Waals surface area contributed by atoms with Crippen LogP contribution in [0.25, 0.3) is 10.2 Å². The van der Waals surface area contributed by atoms with E-state index in [1.165, 1.54) is 28.0 Å². The fourth-order valence-corrected chi connectivity index (χ4v) is 3.90. The summed E-state index contributed by atoms with van der Waals surface area (Å²) < 4.78 is 17.3. The molecule has 0 aliphatic carbocycles. The molecular weight excluding hydrogens is 437 g/mol. The summed E-state index contributed by atoms with van der Waals surface area (Å²) in [6.45, 7) is 1.95. The topological polar surface area (TPSA) is 73.1 Å². The Bertz CT molecular complexity index is 1120. The van der Waals surface area contributed by atoms with E-state index in [1.54, 1.807) is 17.5 Å². The Hall–Kier alpha value is -2.26. The Balaban J connectivity index is 1.96. The van der Waals surface area contributed by atoms with E-state index < -0.39 is 17.4 Å². The lowest BCUT2D eigenvalue weighted by molar-refractivity contribution is -0.116. The van der Waals surface area contributed by atoms with Gasteiger partial charge in [-0.25, -0.2) is 9.18 Å². The summed E-state index contributed by atoms with van der Waals surface area (Å²) >= 11 is 4.38. The Morgan fingerprint density at radius 2 is 2.04 bits per heavy atom. The number of carbonyl (C=O) groups is 1. The summed E-state index contributed by atoms with van der Waals surface area (Å²) in [7, 11) is 0. The maximum Gasteiger partial charge on any atom is 0.332 e. The molecule has 0 unspecified atom stereocenters. The van der Waals surface area contributed by atoms with Gasteiger partial charge >= 0.3 is 5.69 Å². The number of hydrogen-bond donors (Lipinski definition) is 1. The number of halogens is 2. The minimum atomic E-state index is -0.585. The highest BCUT2D eigenvalue weighted by Crippen LogP contribution is 2.20. The molecule has 2 heterocycles. The van der Waals surface area contributed by atoms with Gasteiger partial charge in [-0.2, -0.15) is 0 Å². The summed E-state index contributed by atoms with van der Waals surface area (Å²) in [5.41, 5.74) is -0.439. The van der Waals surface area contributed by atoms with Crippen molar-refractivity contribution in [3.05, 3.63) is 60.8 Å². The average molecular weight is 454 g/mol. The molecule has 0 saturated heterocycles. The van der Waals surface area contributed by atoms with Crippen LogP contribution in [0.15, 0.2) is 43.7 Å². The van der Waals surface area contributed by atoms with E-state index >= 15 is 0 Å². The molecule has 1 amide bonds. The van der Waals surface area contributed by atoms with E-state index in [0.717, 1.165) is 11.0 Å². The minimum absolute atomic E-state index is 0.0251. The normalized spacial score (nSPS) is 11.1. The van der Waals surface area contributed by atoms with E-state index in [1.807, 2.05) is 6.92 Å². The SMILES string of the molecule is CCCCn1c(=O)c2sccc2n(CC(=O)Nc2ccc(Br)cc2F)c1=O. The molecule has 6 nitrogen and oxygen atoms in total. The first-order valence-corrected chi connectivity index (χ1v) is 10.1. The van der Waals surface area contributed by atoms with Crippen LogP contribution in [0.1, 0.15) is 19.8 Å². The van der Waals surface area contributed by atoms with E-state index in [-0.39, 0.29) is 17.8 Å². The van der Waals surface area contributed by atoms with Crippen molar-refractivity contribution in [3.63, 3.8) is 0 Å². The highest BCUT2D eigenvalue weighted by Gasteiger charge is 2.17. The molecule has 27 heavy (non-hydrogen) atoms. The number of thiophene rings is 1. The minimum Gasteiger partial charge on any atom is -0.322 e. The van der Waals surface area contributed by atoms with Crippen LogP contribution in [0.2, 0.25) is 0 Å². The molecule has 0 fully saturated rings. The van der Waals surface area contributed by atoms with Gasteiger partial charge in [0.1, 0.15) is 17.1 Å². The van der Waals surface area contributed by atoms with Crippen LogP contribution in [-0.4, -0.2) is 15.0 Å². The zero-order chi connectivity index (χ0) is 19.6. The molecule has 2 aromatic heterocycles. The second-order valence-corrected chi connectivity index (χ2v) is 7.82. The van der Waals surface area contributed by atoms with Gasteiger partial charge < -0.3 is 5.32 Å². The Morgan fingerprint density at radius 1 is 1.26 bits per heavy atom. The molecule has 1 aromatic carbocycles. The first kappa shape index (κ1) is 19.5. The predicted octanol–water partition coefficient (Wildman–Crippen LogP) is 3.57. The summed E-state index contributed by atoms with van der Waals surface area (Å²) in [4.78, 5) is 37.7. The second-order valence-electron chi connectivity index (χ2n) is 5.99. The second kappa shape index (κ2) is 8.18. The maximum absolute atomic E-state index is 13.9. The quantitative estimate of drug-likeness (QED) is 0.619. The van der Waals surface area contributed by atoms with Crippen molar-refractivity contribution in [3.8, 4) is 0 Å². The summed E-state index contributed by atoms with van der Waals surface area (Å²) in [5, 5.41) is 4.18. The van der Waals surface area contributed by atoms with E-state index in [9.17, 15) is 18.8 Å². The van der Waals surface area contributed by atoms with Crippen molar-refractivity contribution in [2.24, 2.45) is 0 Å². The summed E-state index contributed by atoms with van der Waals surface area (Å²) in [6.07, 6.45) is 1.51. The first-order valence-electron chi connectivity index (χ1n) is 8.38. The highest BCUT2D eigenvalue weighted by atomic mass is 79.9. The zero-order valence-electron chi connectivity index (χ0n) is 14.5. The van der Waals surface area contributed by atoms with E-state index in [2.05, 4.69) is 21.2 Å². The standard InChI is InChI=1S/C18H17BrFN3O3S/c1-2-3-7-22-17(25)16-14(6-8-27-16)23(18(22)26)10-15(24)21-13-5-4-11(19)9-12(13)20/h4-6,8-9H,2-3,7,10H2,1H3,(H,21,24). The lowest BCUT2D eigenvalue weighted by atomic mass is 10.3. The van der Waals surface area contributed by atoms with Gasteiger partial charge in [-0.15, -0.1) is 11.3 Å². The molecule has 1 N–H and O–H groups in total. The number of unbranched alkanes of at least 4 members (excludes halogenated alkanes) is 1. The number of aromatic nitrogens is 2. The number of nitrogens with zero attached hydrogens (tertiary/aromatic N) is 2. The molecule has 0 atom stereocenters. The number of anilines is 1. The highest BCUT2D eigenvalue weighted by molar-refractivity contribution is 9.10. The molecule has 0 spiro atoms. The smallest absolute Gasteiger partial charge is 0.322 e. The van der Waals surface area contributed by atoms with Crippen LogP contribution in [-0.2, 0) is 17.9 Å². The van der Waals surface area contributed by atoms with Gasteiger partial charge in [0.15, 0.2) is 0 Å². The van der Waals surface area contributed by atoms with Gasteiger partial charge in [0.05, 0.1) is 11.2 Å². The molecule has 0 radical (unpaired) electrons. The number of benzene rings is 1. The van der Waals surface area contributed by atoms with Crippen molar-refractivity contribution in [1.82, 2.24) is 9.13 Å². The maximum atomic E-state index is 13.9. The van der Waals surface area contributed by atoms with Gasteiger partial charge in [-0.3, -0.25) is 18.7 Å². The van der Waals surface area contributed by atoms with Gasteiger partial charge in [-0.1, -0.05) is 29.3 Å². The predicted molar refractivity (Wildman–Crippen MR) is 108 cm³/mol. The average Bonchev–Trinajstić information content (AvgIpc) is 3.11. The monoisotopic (exact) mass is 453 g/mol. The van der Waals surface area contributed by atoms with Crippen LogP contribution in [0.5, 0.6) is 0 Å². The molecular formula is C18H17BrFN3O3S. The van der Waals surface area contributed by atoms with E-state index in [4.69, 9.17) is 0 Å². The summed E-state index contributed by atoms with van der Waals surface area (Å²) in [6, 6.07) is 5.92. The molecule has 0 bridgehead atoms. The Morgan fingerprint density at radius 3 is 2.74 bits per heavy atom. The van der Waals surface area contributed by atoms with Gasteiger partial charge in [0, 0.05) is 11.0 Å². The van der Waals surface area contributed by atoms with Crippen LogP contribution >= 0.6 is 27.3 Å². The lowest BCUT2D eigenvalue weighted by Crippen LogP contribution is -2.41. The van der Waals surface area contributed by atoms with Crippen molar-refractivity contribution in [2.45, 2.75) is 32.9 Å². The molecule has 0 aliphatic rings. The number of carbonyl (C=O) groups excluding carboxylic acids is 1. The van der Waals surface area contributed by atoms with Gasteiger partial charge in [0.2, 0.25) is 5.91 Å². The number of fused-ring (bicyclic) bond motifs is 1. The van der Waals surface area contributed by atoms with Gasteiger partial charge in [0.25, 0.3) is 5.56 Å². The van der Waals surface area contributed by atoms with Crippen LogP contribution in [0, 0.1) is 5.82 Å². The third-order valence-corrected chi connectivity index (χ3v) is 5.46. The molecule has 9 heteroatoms. The third-order valence-electron chi connectivity index (χ3n) is 4.08. The number of rotatable bonds is 6. The van der Waals surface area contributed by atoms with E-state index in [0.29, 0.717) is 27.7 Å². The Labute approximate surface area is 166 Å². The van der Waals surface area contributed by atoms with Crippen molar-refractivity contribution >= 4 is 49.1 Å². The summed E-state index contributed by atoms with van der Waals surface area (Å²) in [5.74, 6) is -1.13. The zero-order valence-corrected chi connectivity index (χ0v) is 16.9. The molecule has 0 saturated carbocycles. The largest absolute Gasteiger partial charge is 0.332 e.